The molecule has 0 aliphatic heterocycles. The molecule has 86 valence electrons. The lowest BCUT2D eigenvalue weighted by Crippen LogP contribution is -2.18. The number of hydrogen-bond acceptors (Lipinski definition) is 2. The SMILES string of the molecule is O=C(O)c1ccc(=O)n(-c2cccc(F)c2)c1. The minimum absolute atomic E-state index is 0.0335. The topological polar surface area (TPSA) is 59.3 Å². The summed E-state index contributed by atoms with van der Waals surface area (Å²) in [5.41, 5.74) is -0.160. The van der Waals surface area contributed by atoms with Crippen molar-refractivity contribution in [3.05, 3.63) is 64.3 Å². The molecule has 17 heavy (non-hydrogen) atoms. The average Bonchev–Trinajstić information content (AvgIpc) is 2.29. The van der Waals surface area contributed by atoms with Crippen LogP contribution in [0.1, 0.15) is 10.4 Å². The van der Waals surface area contributed by atoms with Gasteiger partial charge in [0.25, 0.3) is 5.56 Å². The molecule has 0 saturated heterocycles. The quantitative estimate of drug-likeness (QED) is 0.858. The summed E-state index contributed by atoms with van der Waals surface area (Å²) in [6.45, 7) is 0. The van der Waals surface area contributed by atoms with Gasteiger partial charge in [-0.25, -0.2) is 9.18 Å². The highest BCUT2D eigenvalue weighted by molar-refractivity contribution is 5.87. The first-order valence-corrected chi connectivity index (χ1v) is 4.80. The van der Waals surface area contributed by atoms with E-state index < -0.39 is 17.3 Å². The summed E-state index contributed by atoms with van der Waals surface area (Å²) in [6, 6.07) is 7.72. The molecule has 0 amide bonds. The smallest absolute Gasteiger partial charge is 0.337 e. The van der Waals surface area contributed by atoms with Gasteiger partial charge in [0.05, 0.1) is 11.3 Å². The van der Waals surface area contributed by atoms with Crippen LogP contribution in [0.15, 0.2) is 47.4 Å². The number of nitrogens with zero attached hydrogens (tertiary/aromatic N) is 1. The van der Waals surface area contributed by atoms with E-state index in [-0.39, 0.29) is 11.3 Å². The molecule has 0 atom stereocenters. The third-order valence-electron chi connectivity index (χ3n) is 2.24. The second-order valence-corrected chi connectivity index (χ2v) is 3.41. The fourth-order valence-electron chi connectivity index (χ4n) is 1.44. The van der Waals surface area contributed by atoms with Gasteiger partial charge in [0.2, 0.25) is 0 Å². The number of aromatic carboxylic acids is 1. The number of carbonyl (C=O) groups is 1. The van der Waals surface area contributed by atoms with E-state index in [9.17, 15) is 14.0 Å². The van der Waals surface area contributed by atoms with Gasteiger partial charge in [0, 0.05) is 12.3 Å². The molecule has 1 aromatic carbocycles. The Kier molecular flexibility index (Phi) is 2.74. The third-order valence-corrected chi connectivity index (χ3v) is 2.24. The van der Waals surface area contributed by atoms with Gasteiger partial charge in [-0.3, -0.25) is 9.36 Å². The molecular weight excluding hydrogens is 225 g/mol. The highest BCUT2D eigenvalue weighted by Crippen LogP contribution is 2.08. The van der Waals surface area contributed by atoms with Crippen molar-refractivity contribution in [2.75, 3.05) is 0 Å². The van der Waals surface area contributed by atoms with Gasteiger partial charge in [-0.2, -0.15) is 0 Å². The van der Waals surface area contributed by atoms with Crippen molar-refractivity contribution in [2.24, 2.45) is 0 Å². The van der Waals surface area contributed by atoms with E-state index in [4.69, 9.17) is 5.11 Å². The minimum atomic E-state index is -1.14. The lowest BCUT2D eigenvalue weighted by atomic mass is 10.2. The number of halogens is 1. The number of hydrogen-bond donors (Lipinski definition) is 1. The molecule has 0 spiro atoms. The Balaban J connectivity index is 2.62. The Labute approximate surface area is 95.6 Å². The Bertz CT molecular complexity index is 634. The molecule has 0 saturated carbocycles. The van der Waals surface area contributed by atoms with Crippen LogP contribution in [0.5, 0.6) is 0 Å². The number of pyridine rings is 1. The van der Waals surface area contributed by atoms with E-state index in [0.717, 1.165) is 16.7 Å². The first-order chi connectivity index (χ1) is 8.08. The molecule has 0 aliphatic rings. The maximum atomic E-state index is 13.0. The fraction of sp³-hybridized carbons (Fsp3) is 0. The number of aromatic nitrogens is 1. The van der Waals surface area contributed by atoms with Crippen molar-refractivity contribution in [1.29, 1.82) is 0 Å². The zero-order chi connectivity index (χ0) is 12.4. The summed E-state index contributed by atoms with van der Waals surface area (Å²) in [5, 5.41) is 8.81. The van der Waals surface area contributed by atoms with Crippen molar-refractivity contribution in [1.82, 2.24) is 4.57 Å². The second kappa shape index (κ2) is 4.21. The van der Waals surface area contributed by atoms with E-state index >= 15 is 0 Å². The number of carboxylic acids is 1. The van der Waals surface area contributed by atoms with E-state index in [2.05, 4.69) is 0 Å². The van der Waals surface area contributed by atoms with Crippen molar-refractivity contribution in [3.63, 3.8) is 0 Å². The summed E-state index contributed by atoms with van der Waals surface area (Å²) in [5.74, 6) is -1.63. The largest absolute Gasteiger partial charge is 0.478 e. The van der Waals surface area contributed by atoms with Gasteiger partial charge in [-0.05, 0) is 24.3 Å². The predicted octanol–water partition coefficient (Wildman–Crippen LogP) is 1.67. The zero-order valence-corrected chi connectivity index (χ0v) is 8.63. The zero-order valence-electron chi connectivity index (χ0n) is 8.63. The van der Waals surface area contributed by atoms with Crippen molar-refractivity contribution in [3.8, 4) is 5.69 Å². The lowest BCUT2D eigenvalue weighted by molar-refractivity contribution is 0.0696. The Morgan fingerprint density at radius 3 is 2.65 bits per heavy atom. The molecule has 2 rings (SSSR count). The van der Waals surface area contributed by atoms with E-state index in [1.165, 1.54) is 30.5 Å². The first kappa shape index (κ1) is 11.1. The summed E-state index contributed by atoms with van der Waals surface area (Å²) < 4.78 is 14.1. The molecule has 1 aromatic heterocycles. The van der Waals surface area contributed by atoms with Crippen molar-refractivity contribution < 1.29 is 14.3 Å². The standard InChI is InChI=1S/C12H8FNO3/c13-9-2-1-3-10(6-9)14-7-8(12(16)17)4-5-11(14)15/h1-7H,(H,16,17). The fourth-order valence-corrected chi connectivity index (χ4v) is 1.44. The molecule has 0 fully saturated rings. The summed E-state index contributed by atoms with van der Waals surface area (Å²) in [7, 11) is 0. The maximum absolute atomic E-state index is 13.0. The highest BCUT2D eigenvalue weighted by Gasteiger charge is 2.06. The third kappa shape index (κ3) is 2.23. The van der Waals surface area contributed by atoms with Crippen molar-refractivity contribution in [2.45, 2.75) is 0 Å². The summed E-state index contributed by atoms with van der Waals surface area (Å²) >= 11 is 0. The van der Waals surface area contributed by atoms with Gasteiger partial charge >= 0.3 is 5.97 Å². The lowest BCUT2D eigenvalue weighted by Gasteiger charge is -2.06. The van der Waals surface area contributed by atoms with Crippen LogP contribution in [-0.4, -0.2) is 15.6 Å². The van der Waals surface area contributed by atoms with Gasteiger partial charge < -0.3 is 5.11 Å². The van der Waals surface area contributed by atoms with Crippen LogP contribution in [0.3, 0.4) is 0 Å². The second-order valence-electron chi connectivity index (χ2n) is 3.41. The maximum Gasteiger partial charge on any atom is 0.337 e. The first-order valence-electron chi connectivity index (χ1n) is 4.80. The van der Waals surface area contributed by atoms with Gasteiger partial charge in [-0.1, -0.05) is 6.07 Å². The van der Waals surface area contributed by atoms with Crippen LogP contribution in [0.25, 0.3) is 5.69 Å². The van der Waals surface area contributed by atoms with E-state index in [1.807, 2.05) is 0 Å². The number of carboxylic acid groups (broad SMARTS) is 1. The number of benzene rings is 1. The van der Waals surface area contributed by atoms with Gasteiger partial charge in [-0.15, -0.1) is 0 Å². The Morgan fingerprint density at radius 2 is 2.00 bits per heavy atom. The summed E-state index contributed by atoms with van der Waals surface area (Å²) in [4.78, 5) is 22.3. The molecule has 0 bridgehead atoms. The van der Waals surface area contributed by atoms with Crippen molar-refractivity contribution >= 4 is 5.97 Å². The van der Waals surface area contributed by atoms with Gasteiger partial charge in [0.1, 0.15) is 5.82 Å². The molecule has 0 radical (unpaired) electrons. The molecular formula is C12H8FNO3. The summed E-state index contributed by atoms with van der Waals surface area (Å²) in [6.07, 6.45) is 1.17. The minimum Gasteiger partial charge on any atom is -0.478 e. The molecule has 1 heterocycles. The number of rotatable bonds is 2. The van der Waals surface area contributed by atoms with Crippen LogP contribution >= 0.6 is 0 Å². The predicted molar refractivity (Wildman–Crippen MR) is 59.0 cm³/mol. The molecule has 1 N–H and O–H groups in total. The Morgan fingerprint density at radius 1 is 1.24 bits per heavy atom. The highest BCUT2D eigenvalue weighted by atomic mass is 19.1. The molecule has 0 aliphatic carbocycles. The normalized spacial score (nSPS) is 10.2. The van der Waals surface area contributed by atoms with Crippen LogP contribution in [0, 0.1) is 5.82 Å². The molecule has 2 aromatic rings. The Hall–Kier alpha value is -2.43. The van der Waals surface area contributed by atoms with E-state index in [0.29, 0.717) is 0 Å². The molecule has 4 nitrogen and oxygen atoms in total. The average molecular weight is 233 g/mol. The van der Waals surface area contributed by atoms with Crippen LogP contribution in [0.4, 0.5) is 4.39 Å². The molecule has 5 heteroatoms. The monoisotopic (exact) mass is 233 g/mol. The van der Waals surface area contributed by atoms with E-state index in [1.54, 1.807) is 0 Å². The van der Waals surface area contributed by atoms with Gasteiger partial charge in [0.15, 0.2) is 0 Å². The van der Waals surface area contributed by atoms with Crippen LogP contribution in [0.2, 0.25) is 0 Å². The molecule has 0 unspecified atom stereocenters. The van der Waals surface area contributed by atoms with Crippen LogP contribution in [-0.2, 0) is 0 Å². The van der Waals surface area contributed by atoms with Crippen LogP contribution < -0.4 is 5.56 Å².